The minimum Gasteiger partial charge on any atom is -0.464 e. The number of carbonyl (C=O) groups is 2. The van der Waals surface area contributed by atoms with Crippen LogP contribution >= 0.6 is 0 Å². The van der Waals surface area contributed by atoms with Crippen molar-refractivity contribution in [1.82, 2.24) is 5.32 Å². The molecule has 0 bridgehead atoms. The number of hydrogen-bond acceptors (Lipinski definition) is 3. The van der Waals surface area contributed by atoms with E-state index in [9.17, 15) is 9.59 Å². The summed E-state index contributed by atoms with van der Waals surface area (Å²) in [5.41, 5.74) is 0. The summed E-state index contributed by atoms with van der Waals surface area (Å²) in [5.74, 6) is -0.319. The third-order valence-corrected chi connectivity index (χ3v) is 6.18. The largest absolute Gasteiger partial charge is 0.464 e. The van der Waals surface area contributed by atoms with Crippen LogP contribution in [0.25, 0.3) is 0 Å². The molecule has 0 aromatic rings. The molecule has 0 saturated carbocycles. The molecule has 4 nitrogen and oxygen atoms in total. The first-order valence-electron chi connectivity index (χ1n) is 13.3. The number of allylic oxidation sites excluding steroid dienone is 2. The van der Waals surface area contributed by atoms with E-state index in [1.165, 1.54) is 96.3 Å². The van der Waals surface area contributed by atoms with Crippen molar-refractivity contribution in [2.75, 3.05) is 6.61 Å². The highest BCUT2D eigenvalue weighted by Crippen LogP contribution is 2.13. The van der Waals surface area contributed by atoms with Crippen LogP contribution < -0.4 is 5.32 Å². The summed E-state index contributed by atoms with van der Waals surface area (Å²) in [6, 6.07) is -0.414. The molecule has 1 aliphatic heterocycles. The van der Waals surface area contributed by atoms with Crippen LogP contribution in [0.3, 0.4) is 0 Å². The maximum absolute atomic E-state index is 11.7. The number of ether oxygens (including phenoxy) is 1. The Kier molecular flexibility index (Phi) is 18.4. The highest BCUT2D eigenvalue weighted by molar-refractivity contribution is 5.87. The molecule has 1 amide bonds. The van der Waals surface area contributed by atoms with Gasteiger partial charge in [0, 0.05) is 6.42 Å². The van der Waals surface area contributed by atoms with E-state index in [4.69, 9.17) is 4.74 Å². The Morgan fingerprint density at radius 2 is 1.29 bits per heavy atom. The van der Waals surface area contributed by atoms with E-state index in [0.29, 0.717) is 19.4 Å². The number of unbranched alkanes of at least 4 members (excludes halogenated alkanes) is 16. The van der Waals surface area contributed by atoms with Crippen LogP contribution in [0.15, 0.2) is 12.2 Å². The van der Waals surface area contributed by atoms with Crippen molar-refractivity contribution in [2.45, 2.75) is 141 Å². The van der Waals surface area contributed by atoms with Crippen molar-refractivity contribution in [2.24, 2.45) is 0 Å². The van der Waals surface area contributed by atoms with Gasteiger partial charge >= 0.3 is 5.97 Å². The van der Waals surface area contributed by atoms with Gasteiger partial charge in [-0.05, 0) is 38.5 Å². The number of esters is 1. The van der Waals surface area contributed by atoms with Crippen molar-refractivity contribution in [3.63, 3.8) is 0 Å². The Labute approximate surface area is 192 Å². The first kappa shape index (κ1) is 27.7. The SMILES string of the molecule is CCCCCCCCCCCCCC/C=C/CCCCCCOC(=O)[C@@H]1CCC(=O)N1. The molecule has 1 N–H and O–H groups in total. The zero-order valence-electron chi connectivity index (χ0n) is 20.3. The van der Waals surface area contributed by atoms with Gasteiger partial charge in [-0.3, -0.25) is 4.79 Å². The summed E-state index contributed by atoms with van der Waals surface area (Å²) in [5, 5.41) is 2.65. The monoisotopic (exact) mass is 435 g/mol. The van der Waals surface area contributed by atoms with E-state index in [2.05, 4.69) is 24.4 Å². The number of nitrogens with one attached hydrogen (secondary N) is 1. The second kappa shape index (κ2) is 20.6. The topological polar surface area (TPSA) is 55.4 Å². The van der Waals surface area contributed by atoms with E-state index in [1.54, 1.807) is 0 Å². The zero-order valence-corrected chi connectivity index (χ0v) is 20.3. The lowest BCUT2D eigenvalue weighted by Crippen LogP contribution is -2.34. The van der Waals surface area contributed by atoms with Gasteiger partial charge in [-0.2, -0.15) is 0 Å². The summed E-state index contributed by atoms with van der Waals surface area (Å²) in [4.78, 5) is 22.8. The molecule has 4 heteroatoms. The van der Waals surface area contributed by atoms with E-state index in [-0.39, 0.29) is 11.9 Å². The van der Waals surface area contributed by atoms with Crippen LogP contribution in [-0.4, -0.2) is 24.5 Å². The van der Waals surface area contributed by atoms with E-state index in [1.807, 2.05) is 0 Å². The second-order valence-corrected chi connectivity index (χ2v) is 9.18. The lowest BCUT2D eigenvalue weighted by Gasteiger charge is -2.09. The van der Waals surface area contributed by atoms with Crippen LogP contribution in [0.4, 0.5) is 0 Å². The standard InChI is InChI=1S/C27H49NO3/c1-2-3-4-5-6-7-8-9-10-11-12-13-14-15-16-17-18-19-20-21-24-31-27(30)25-22-23-26(29)28-25/h15-16,25H,2-14,17-24H2,1H3,(H,28,29)/b16-15+/t25-/m0/s1. The van der Waals surface area contributed by atoms with Crippen LogP contribution in [0.5, 0.6) is 0 Å². The van der Waals surface area contributed by atoms with Crippen molar-refractivity contribution < 1.29 is 14.3 Å². The van der Waals surface area contributed by atoms with Crippen molar-refractivity contribution >= 4 is 11.9 Å². The molecule has 1 fully saturated rings. The molecule has 0 spiro atoms. The highest BCUT2D eigenvalue weighted by Gasteiger charge is 2.28. The van der Waals surface area contributed by atoms with Gasteiger partial charge in [-0.15, -0.1) is 0 Å². The lowest BCUT2D eigenvalue weighted by atomic mass is 10.0. The van der Waals surface area contributed by atoms with Crippen molar-refractivity contribution in [3.8, 4) is 0 Å². The Hall–Kier alpha value is -1.32. The van der Waals surface area contributed by atoms with Crippen molar-refractivity contribution in [3.05, 3.63) is 12.2 Å². The summed E-state index contributed by atoms with van der Waals surface area (Å²) in [6.45, 7) is 2.75. The summed E-state index contributed by atoms with van der Waals surface area (Å²) in [6.07, 6.45) is 29.4. The smallest absolute Gasteiger partial charge is 0.328 e. The Morgan fingerprint density at radius 3 is 1.77 bits per heavy atom. The fourth-order valence-electron chi connectivity index (χ4n) is 4.12. The number of hydrogen-bond donors (Lipinski definition) is 1. The summed E-state index contributed by atoms with van der Waals surface area (Å²) >= 11 is 0. The van der Waals surface area contributed by atoms with Gasteiger partial charge in [-0.1, -0.05) is 103 Å². The van der Waals surface area contributed by atoms with Crippen LogP contribution in [0.1, 0.15) is 135 Å². The minimum atomic E-state index is -0.414. The Balaban J connectivity index is 1.73. The second-order valence-electron chi connectivity index (χ2n) is 9.18. The third kappa shape index (κ3) is 17.0. The molecule has 0 aromatic carbocycles. The maximum Gasteiger partial charge on any atom is 0.328 e. The first-order valence-corrected chi connectivity index (χ1v) is 13.3. The molecular formula is C27H49NO3. The molecule has 1 atom stereocenters. The number of amides is 1. The molecule has 0 aromatic heterocycles. The van der Waals surface area contributed by atoms with Crippen LogP contribution in [0.2, 0.25) is 0 Å². The quantitative estimate of drug-likeness (QED) is 0.116. The summed E-state index contributed by atoms with van der Waals surface area (Å²) < 4.78 is 5.24. The van der Waals surface area contributed by atoms with Crippen LogP contribution in [0, 0.1) is 0 Å². The number of rotatable bonds is 21. The molecule has 0 radical (unpaired) electrons. The molecule has 31 heavy (non-hydrogen) atoms. The van der Waals surface area contributed by atoms with E-state index < -0.39 is 6.04 Å². The predicted octanol–water partition coefficient (Wildman–Crippen LogP) is 7.41. The Morgan fingerprint density at radius 1 is 0.806 bits per heavy atom. The van der Waals surface area contributed by atoms with E-state index in [0.717, 1.165) is 19.3 Å². The van der Waals surface area contributed by atoms with Gasteiger partial charge in [-0.25, -0.2) is 4.79 Å². The van der Waals surface area contributed by atoms with Gasteiger partial charge in [0.15, 0.2) is 0 Å². The zero-order chi connectivity index (χ0) is 22.4. The molecule has 1 rings (SSSR count). The molecule has 180 valence electrons. The van der Waals surface area contributed by atoms with Gasteiger partial charge < -0.3 is 10.1 Å². The molecule has 0 unspecified atom stereocenters. The maximum atomic E-state index is 11.7. The average molecular weight is 436 g/mol. The van der Waals surface area contributed by atoms with Gasteiger partial charge in [0.25, 0.3) is 0 Å². The molecule has 1 aliphatic rings. The normalized spacial score (nSPS) is 16.2. The molecule has 0 aliphatic carbocycles. The molecule has 1 saturated heterocycles. The first-order chi connectivity index (χ1) is 15.2. The van der Waals surface area contributed by atoms with Crippen LogP contribution in [-0.2, 0) is 14.3 Å². The minimum absolute atomic E-state index is 0.0474. The van der Waals surface area contributed by atoms with Gasteiger partial charge in [0.05, 0.1) is 6.61 Å². The molecular weight excluding hydrogens is 386 g/mol. The van der Waals surface area contributed by atoms with E-state index >= 15 is 0 Å². The third-order valence-electron chi connectivity index (χ3n) is 6.18. The predicted molar refractivity (Wildman–Crippen MR) is 130 cm³/mol. The van der Waals surface area contributed by atoms with Crippen molar-refractivity contribution in [1.29, 1.82) is 0 Å². The molecule has 1 heterocycles. The fraction of sp³-hybridized carbons (Fsp3) is 0.852. The highest BCUT2D eigenvalue weighted by atomic mass is 16.5. The van der Waals surface area contributed by atoms with Gasteiger partial charge in [0.2, 0.25) is 5.91 Å². The lowest BCUT2D eigenvalue weighted by molar-refractivity contribution is -0.146. The van der Waals surface area contributed by atoms with Gasteiger partial charge in [0.1, 0.15) is 6.04 Å². The Bertz CT molecular complexity index is 475. The average Bonchev–Trinajstić information content (AvgIpc) is 3.21. The summed E-state index contributed by atoms with van der Waals surface area (Å²) in [7, 11) is 0. The number of carbonyl (C=O) groups excluding carboxylic acids is 2. The fourth-order valence-corrected chi connectivity index (χ4v) is 4.12.